The molecule has 158 valence electrons. The SMILES string of the molecule is COc1cccc(-n2c(C)cc(/C=C(\C#N)C(=O)NCCCc3ccccc3)c2C)c1. The smallest absolute Gasteiger partial charge is 0.261 e. The second kappa shape index (κ2) is 10.3. The number of ether oxygens (including phenoxy) is 1. The average Bonchev–Trinajstić information content (AvgIpc) is 3.08. The first-order valence-electron chi connectivity index (χ1n) is 10.3. The van der Waals surface area contributed by atoms with E-state index in [-0.39, 0.29) is 11.5 Å². The Morgan fingerprint density at radius 1 is 1.13 bits per heavy atom. The number of nitriles is 1. The number of aryl methyl sites for hydroxylation is 2. The normalized spacial score (nSPS) is 11.1. The maximum absolute atomic E-state index is 12.5. The summed E-state index contributed by atoms with van der Waals surface area (Å²) in [5.74, 6) is 0.427. The van der Waals surface area contributed by atoms with E-state index in [0.717, 1.165) is 41.2 Å². The minimum Gasteiger partial charge on any atom is -0.497 e. The van der Waals surface area contributed by atoms with Gasteiger partial charge in [0.2, 0.25) is 0 Å². The van der Waals surface area contributed by atoms with Crippen LogP contribution in [0.5, 0.6) is 5.75 Å². The van der Waals surface area contributed by atoms with Crippen LogP contribution < -0.4 is 10.1 Å². The highest BCUT2D eigenvalue weighted by Crippen LogP contribution is 2.25. The van der Waals surface area contributed by atoms with Crippen molar-refractivity contribution in [3.63, 3.8) is 0 Å². The number of hydrogen-bond acceptors (Lipinski definition) is 3. The van der Waals surface area contributed by atoms with Crippen LogP contribution >= 0.6 is 0 Å². The molecule has 0 aliphatic carbocycles. The Kier molecular flexibility index (Phi) is 7.29. The molecule has 0 spiro atoms. The first-order chi connectivity index (χ1) is 15.0. The highest BCUT2D eigenvalue weighted by Gasteiger charge is 2.14. The van der Waals surface area contributed by atoms with Crippen LogP contribution in [0.25, 0.3) is 11.8 Å². The van der Waals surface area contributed by atoms with E-state index in [9.17, 15) is 10.1 Å². The summed E-state index contributed by atoms with van der Waals surface area (Å²) in [6, 6.07) is 22.0. The number of methoxy groups -OCH3 is 1. The zero-order valence-electron chi connectivity index (χ0n) is 18.2. The van der Waals surface area contributed by atoms with E-state index in [2.05, 4.69) is 22.0 Å². The number of benzene rings is 2. The lowest BCUT2D eigenvalue weighted by atomic mass is 10.1. The van der Waals surface area contributed by atoms with Crippen molar-refractivity contribution >= 4 is 12.0 Å². The van der Waals surface area contributed by atoms with E-state index < -0.39 is 0 Å². The van der Waals surface area contributed by atoms with Gasteiger partial charge in [0.25, 0.3) is 5.91 Å². The Hall–Kier alpha value is -3.78. The number of rotatable bonds is 8. The summed E-state index contributed by atoms with van der Waals surface area (Å²) in [4.78, 5) is 12.5. The Morgan fingerprint density at radius 3 is 2.61 bits per heavy atom. The summed E-state index contributed by atoms with van der Waals surface area (Å²) < 4.78 is 7.41. The van der Waals surface area contributed by atoms with Crippen molar-refractivity contribution in [2.75, 3.05) is 13.7 Å². The van der Waals surface area contributed by atoms with Crippen LogP contribution in [-0.4, -0.2) is 24.1 Å². The number of nitrogens with zero attached hydrogens (tertiary/aromatic N) is 2. The highest BCUT2D eigenvalue weighted by atomic mass is 16.5. The van der Waals surface area contributed by atoms with Gasteiger partial charge in [0.05, 0.1) is 7.11 Å². The minimum absolute atomic E-state index is 0.102. The lowest BCUT2D eigenvalue weighted by Gasteiger charge is -2.11. The standard InChI is InChI=1S/C26H27N3O2/c1-19-15-22(20(2)29(19)24-12-7-13-25(17-24)31-3)16-23(18-27)26(30)28-14-8-11-21-9-5-4-6-10-21/h4-7,9-10,12-13,15-17H,8,11,14H2,1-3H3,(H,28,30)/b23-16+. The summed E-state index contributed by atoms with van der Waals surface area (Å²) in [6.45, 7) is 4.50. The maximum Gasteiger partial charge on any atom is 0.261 e. The van der Waals surface area contributed by atoms with Crippen LogP contribution in [0, 0.1) is 25.2 Å². The molecule has 0 atom stereocenters. The largest absolute Gasteiger partial charge is 0.497 e. The van der Waals surface area contributed by atoms with Crippen LogP contribution in [0.2, 0.25) is 0 Å². The van der Waals surface area contributed by atoms with Crippen LogP contribution in [0.4, 0.5) is 0 Å². The van der Waals surface area contributed by atoms with Crippen LogP contribution in [-0.2, 0) is 11.2 Å². The fourth-order valence-corrected chi connectivity index (χ4v) is 3.62. The Morgan fingerprint density at radius 2 is 1.90 bits per heavy atom. The third-order valence-electron chi connectivity index (χ3n) is 5.22. The van der Waals surface area contributed by atoms with Crippen molar-refractivity contribution in [1.29, 1.82) is 5.26 Å². The van der Waals surface area contributed by atoms with Crippen molar-refractivity contribution in [3.8, 4) is 17.5 Å². The molecule has 31 heavy (non-hydrogen) atoms. The minimum atomic E-state index is -0.346. The molecular weight excluding hydrogens is 386 g/mol. The molecule has 0 radical (unpaired) electrons. The summed E-state index contributed by atoms with van der Waals surface area (Å²) >= 11 is 0. The molecule has 5 nitrogen and oxygen atoms in total. The molecule has 1 amide bonds. The van der Waals surface area contributed by atoms with Crippen molar-refractivity contribution < 1.29 is 9.53 Å². The summed E-state index contributed by atoms with van der Waals surface area (Å²) in [6.07, 6.45) is 3.36. The zero-order chi connectivity index (χ0) is 22.2. The predicted molar refractivity (Wildman–Crippen MR) is 123 cm³/mol. The number of carbonyl (C=O) groups excluding carboxylic acids is 1. The Bertz CT molecular complexity index is 1120. The van der Waals surface area contributed by atoms with Crippen LogP contribution in [0.15, 0.2) is 66.2 Å². The van der Waals surface area contributed by atoms with E-state index in [1.165, 1.54) is 5.56 Å². The molecule has 0 saturated heterocycles. The van der Waals surface area contributed by atoms with Gasteiger partial charge in [-0.3, -0.25) is 4.79 Å². The maximum atomic E-state index is 12.5. The van der Waals surface area contributed by atoms with E-state index in [4.69, 9.17) is 4.74 Å². The molecule has 3 rings (SSSR count). The van der Waals surface area contributed by atoms with Gasteiger partial charge < -0.3 is 14.6 Å². The lowest BCUT2D eigenvalue weighted by Crippen LogP contribution is -2.25. The van der Waals surface area contributed by atoms with E-state index in [1.54, 1.807) is 13.2 Å². The van der Waals surface area contributed by atoms with E-state index in [0.29, 0.717) is 6.54 Å². The van der Waals surface area contributed by atoms with Crippen molar-refractivity contribution in [1.82, 2.24) is 9.88 Å². The van der Waals surface area contributed by atoms with Crippen molar-refractivity contribution in [3.05, 3.63) is 88.8 Å². The molecule has 0 bridgehead atoms. The molecule has 3 aromatic rings. The first kappa shape index (κ1) is 21.9. The van der Waals surface area contributed by atoms with E-state index >= 15 is 0 Å². The molecular formula is C26H27N3O2. The molecule has 1 heterocycles. The second-order valence-electron chi connectivity index (χ2n) is 7.38. The third kappa shape index (κ3) is 5.43. The van der Waals surface area contributed by atoms with Gasteiger partial charge in [-0.05, 0) is 62.1 Å². The summed E-state index contributed by atoms with van der Waals surface area (Å²) in [5, 5.41) is 12.4. The van der Waals surface area contributed by atoms with Gasteiger partial charge in [-0.15, -0.1) is 0 Å². The van der Waals surface area contributed by atoms with Crippen LogP contribution in [0.1, 0.15) is 28.9 Å². The molecule has 1 aromatic heterocycles. The number of aromatic nitrogens is 1. The average molecular weight is 414 g/mol. The van der Waals surface area contributed by atoms with Gasteiger partial charge in [-0.1, -0.05) is 36.4 Å². The monoisotopic (exact) mass is 413 g/mol. The molecule has 1 N–H and O–H groups in total. The first-order valence-corrected chi connectivity index (χ1v) is 10.3. The van der Waals surface area contributed by atoms with Crippen molar-refractivity contribution in [2.24, 2.45) is 0 Å². The summed E-state index contributed by atoms with van der Waals surface area (Å²) in [7, 11) is 1.64. The zero-order valence-corrected chi connectivity index (χ0v) is 18.2. The molecule has 0 unspecified atom stereocenters. The van der Waals surface area contributed by atoms with Gasteiger partial charge in [-0.2, -0.15) is 5.26 Å². The van der Waals surface area contributed by atoms with Gasteiger partial charge in [0.1, 0.15) is 17.4 Å². The number of carbonyl (C=O) groups is 1. The number of amides is 1. The summed E-state index contributed by atoms with van der Waals surface area (Å²) in [5.41, 5.74) is 5.12. The fourth-order valence-electron chi connectivity index (χ4n) is 3.62. The number of nitrogens with one attached hydrogen (secondary N) is 1. The second-order valence-corrected chi connectivity index (χ2v) is 7.38. The van der Waals surface area contributed by atoms with Gasteiger partial charge in [-0.25, -0.2) is 0 Å². The Labute approximate surface area is 183 Å². The van der Waals surface area contributed by atoms with E-state index in [1.807, 2.05) is 68.4 Å². The topological polar surface area (TPSA) is 67.0 Å². The fraction of sp³-hybridized carbons (Fsp3) is 0.231. The highest BCUT2D eigenvalue weighted by molar-refractivity contribution is 6.01. The number of hydrogen-bond donors (Lipinski definition) is 1. The van der Waals surface area contributed by atoms with Gasteiger partial charge in [0.15, 0.2) is 0 Å². The lowest BCUT2D eigenvalue weighted by molar-refractivity contribution is -0.117. The third-order valence-corrected chi connectivity index (χ3v) is 5.22. The molecule has 0 fully saturated rings. The molecule has 2 aromatic carbocycles. The molecule has 0 saturated carbocycles. The quantitative estimate of drug-likeness (QED) is 0.329. The predicted octanol–water partition coefficient (Wildman–Crippen LogP) is 4.76. The van der Waals surface area contributed by atoms with Crippen molar-refractivity contribution in [2.45, 2.75) is 26.7 Å². The van der Waals surface area contributed by atoms with Gasteiger partial charge in [0, 0.05) is 29.7 Å². The molecule has 0 aliphatic heterocycles. The van der Waals surface area contributed by atoms with Crippen LogP contribution in [0.3, 0.4) is 0 Å². The molecule has 0 aliphatic rings. The Balaban J connectivity index is 1.71. The van der Waals surface area contributed by atoms with Gasteiger partial charge >= 0.3 is 0 Å². The molecule has 5 heteroatoms.